The van der Waals surface area contributed by atoms with Gasteiger partial charge in [-0.25, -0.2) is 0 Å². The molecule has 1 aromatic rings. The summed E-state index contributed by atoms with van der Waals surface area (Å²) >= 11 is 0. The van der Waals surface area contributed by atoms with Crippen molar-refractivity contribution in [2.75, 3.05) is 0 Å². The Balaban J connectivity index is 1.72. The van der Waals surface area contributed by atoms with Crippen molar-refractivity contribution in [1.82, 2.24) is 0 Å². The number of hydrogen-bond acceptors (Lipinski definition) is 4. The number of carbonyl (C=O) groups is 1. The predicted octanol–water partition coefficient (Wildman–Crippen LogP) is 2.72. The van der Waals surface area contributed by atoms with E-state index in [2.05, 4.69) is 6.92 Å². The van der Waals surface area contributed by atoms with Gasteiger partial charge in [0.25, 0.3) is 0 Å². The van der Waals surface area contributed by atoms with Crippen LogP contribution in [0.4, 0.5) is 0 Å². The lowest BCUT2D eigenvalue weighted by Crippen LogP contribution is -2.54. The number of aryl methyl sites for hydroxylation is 1. The van der Waals surface area contributed by atoms with E-state index in [0.717, 1.165) is 25.7 Å². The number of aromatic hydroxyl groups is 1. The second kappa shape index (κ2) is 4.72. The summed E-state index contributed by atoms with van der Waals surface area (Å²) in [4.78, 5) is 11.8. The minimum atomic E-state index is -0.971. The number of aliphatic hydroxyl groups excluding tert-OH is 1. The molecule has 1 aromatic carbocycles. The third-order valence-corrected chi connectivity index (χ3v) is 6.34. The molecule has 0 aromatic heterocycles. The van der Waals surface area contributed by atoms with Gasteiger partial charge in [0.15, 0.2) is 0 Å². The Kier molecular flexibility index (Phi) is 3.02. The molecule has 1 saturated heterocycles. The summed E-state index contributed by atoms with van der Waals surface area (Å²) in [6.45, 7) is 2.07. The number of benzene rings is 1. The molecule has 2 fully saturated rings. The zero-order chi connectivity index (χ0) is 15.5. The zero-order valence-electron chi connectivity index (χ0n) is 12.8. The first kappa shape index (κ1) is 14.1. The van der Waals surface area contributed by atoms with E-state index in [-0.39, 0.29) is 17.3 Å². The minimum absolute atomic E-state index is 0.185. The van der Waals surface area contributed by atoms with E-state index in [0.29, 0.717) is 24.0 Å². The van der Waals surface area contributed by atoms with E-state index < -0.39 is 6.29 Å². The lowest BCUT2D eigenvalue weighted by molar-refractivity contribution is -0.235. The van der Waals surface area contributed by atoms with Crippen molar-refractivity contribution in [3.8, 4) is 5.75 Å². The van der Waals surface area contributed by atoms with Crippen molar-refractivity contribution in [2.24, 2.45) is 17.3 Å². The van der Waals surface area contributed by atoms with Crippen LogP contribution >= 0.6 is 0 Å². The molecule has 2 aliphatic carbocycles. The number of carbonyl (C=O) groups excluding carboxylic acids is 1. The first-order chi connectivity index (χ1) is 10.5. The molecular formula is C18H22O4. The van der Waals surface area contributed by atoms with Gasteiger partial charge in [0.1, 0.15) is 5.75 Å². The minimum Gasteiger partial charge on any atom is -0.508 e. The average molecular weight is 302 g/mol. The molecule has 1 aliphatic heterocycles. The summed E-state index contributed by atoms with van der Waals surface area (Å²) in [5.74, 6) is 1.09. The van der Waals surface area contributed by atoms with Gasteiger partial charge in [0.2, 0.25) is 6.29 Å². The van der Waals surface area contributed by atoms with Crippen LogP contribution in [0.2, 0.25) is 0 Å². The maximum absolute atomic E-state index is 11.8. The highest BCUT2D eigenvalue weighted by Crippen LogP contribution is 2.58. The van der Waals surface area contributed by atoms with Crippen molar-refractivity contribution in [3.63, 3.8) is 0 Å². The topological polar surface area (TPSA) is 66.8 Å². The van der Waals surface area contributed by atoms with Crippen LogP contribution in [0.5, 0.6) is 5.75 Å². The van der Waals surface area contributed by atoms with Crippen LogP contribution in [-0.4, -0.2) is 22.5 Å². The highest BCUT2D eigenvalue weighted by atomic mass is 16.6. The summed E-state index contributed by atoms with van der Waals surface area (Å²) in [5.41, 5.74) is 2.25. The van der Waals surface area contributed by atoms with Crippen LogP contribution in [0, 0.1) is 17.3 Å². The summed E-state index contributed by atoms with van der Waals surface area (Å²) in [7, 11) is 0. The van der Waals surface area contributed by atoms with Crippen LogP contribution in [-0.2, 0) is 16.0 Å². The number of esters is 1. The highest BCUT2D eigenvalue weighted by molar-refractivity contribution is 5.71. The first-order valence-corrected chi connectivity index (χ1v) is 8.18. The predicted molar refractivity (Wildman–Crippen MR) is 80.2 cm³/mol. The van der Waals surface area contributed by atoms with E-state index in [9.17, 15) is 15.0 Å². The number of phenols is 1. The maximum atomic E-state index is 11.8. The molecule has 4 nitrogen and oxygen atoms in total. The smallest absolute Gasteiger partial charge is 0.308 e. The fraction of sp³-hybridized carbons (Fsp3) is 0.611. The molecule has 22 heavy (non-hydrogen) atoms. The third kappa shape index (κ3) is 1.89. The van der Waals surface area contributed by atoms with Crippen LogP contribution in [0.1, 0.15) is 49.7 Å². The number of fused-ring (bicyclic) bond motifs is 5. The van der Waals surface area contributed by atoms with Crippen LogP contribution in [0.25, 0.3) is 0 Å². The quantitative estimate of drug-likeness (QED) is 0.723. The van der Waals surface area contributed by atoms with Gasteiger partial charge < -0.3 is 14.9 Å². The largest absolute Gasteiger partial charge is 0.508 e. The SMILES string of the molecule is C[C@]12CC[C@@H]3c4ccc(O)cc4CC[C@H]3[C@@H]1CC(=O)OC2O. The van der Waals surface area contributed by atoms with Gasteiger partial charge in [0, 0.05) is 11.8 Å². The summed E-state index contributed by atoms with van der Waals surface area (Å²) in [5, 5.41) is 20.0. The standard InChI is InChI=1S/C18H22O4/c1-18-7-6-13-12-5-3-11(19)8-10(12)2-4-14(13)15(18)9-16(20)22-17(18)21/h3,5,8,13-15,17,19,21H,2,4,6-7,9H2,1H3/t13-,14-,15+,17?,18+/m1/s1. The molecule has 0 bridgehead atoms. The van der Waals surface area contributed by atoms with Gasteiger partial charge in [0.05, 0.1) is 0 Å². The Morgan fingerprint density at radius 1 is 1.32 bits per heavy atom. The number of ether oxygens (including phenoxy) is 1. The molecule has 0 spiro atoms. The summed E-state index contributed by atoms with van der Waals surface area (Å²) in [6, 6.07) is 5.68. The number of rotatable bonds is 0. The van der Waals surface area contributed by atoms with Gasteiger partial charge in [-0.05, 0) is 66.7 Å². The molecular weight excluding hydrogens is 280 g/mol. The molecule has 2 N–H and O–H groups in total. The molecule has 0 amide bonds. The van der Waals surface area contributed by atoms with E-state index in [4.69, 9.17) is 4.74 Å². The van der Waals surface area contributed by atoms with Crippen LogP contribution in [0.3, 0.4) is 0 Å². The molecule has 1 heterocycles. The number of cyclic esters (lactones) is 1. The maximum Gasteiger partial charge on any atom is 0.308 e. The fourth-order valence-electron chi connectivity index (χ4n) is 5.09. The van der Waals surface area contributed by atoms with E-state index in [1.165, 1.54) is 11.1 Å². The van der Waals surface area contributed by atoms with E-state index in [1.807, 2.05) is 12.1 Å². The molecule has 0 radical (unpaired) electrons. The molecule has 4 heteroatoms. The third-order valence-electron chi connectivity index (χ3n) is 6.34. The molecule has 1 saturated carbocycles. The normalized spacial score (nSPS) is 40.2. The Morgan fingerprint density at radius 3 is 2.95 bits per heavy atom. The lowest BCUT2D eigenvalue weighted by Gasteiger charge is -2.54. The summed E-state index contributed by atoms with van der Waals surface area (Å²) < 4.78 is 5.11. The zero-order valence-corrected chi connectivity index (χ0v) is 12.8. The monoisotopic (exact) mass is 302 g/mol. The summed E-state index contributed by atoms with van der Waals surface area (Å²) in [6.07, 6.45) is 3.27. The van der Waals surface area contributed by atoms with E-state index >= 15 is 0 Å². The Hall–Kier alpha value is -1.55. The Bertz CT molecular complexity index is 626. The van der Waals surface area contributed by atoms with Gasteiger partial charge >= 0.3 is 5.97 Å². The second-order valence-electron chi connectivity index (χ2n) is 7.39. The van der Waals surface area contributed by atoms with E-state index in [1.54, 1.807) is 6.07 Å². The van der Waals surface area contributed by atoms with Gasteiger partial charge in [-0.15, -0.1) is 0 Å². The molecule has 118 valence electrons. The van der Waals surface area contributed by atoms with Crippen molar-refractivity contribution in [1.29, 1.82) is 0 Å². The second-order valence-corrected chi connectivity index (χ2v) is 7.39. The fourth-order valence-corrected chi connectivity index (χ4v) is 5.09. The first-order valence-electron chi connectivity index (χ1n) is 8.18. The van der Waals surface area contributed by atoms with Crippen molar-refractivity contribution in [2.45, 2.75) is 51.2 Å². The van der Waals surface area contributed by atoms with Crippen molar-refractivity contribution in [3.05, 3.63) is 29.3 Å². The average Bonchev–Trinajstić information content (AvgIpc) is 2.48. The number of phenolic OH excluding ortho intramolecular Hbond substituents is 1. The van der Waals surface area contributed by atoms with Gasteiger partial charge in [-0.2, -0.15) is 0 Å². The number of aliphatic hydroxyl groups is 1. The van der Waals surface area contributed by atoms with Gasteiger partial charge in [-0.1, -0.05) is 13.0 Å². The van der Waals surface area contributed by atoms with Crippen LogP contribution in [0.15, 0.2) is 18.2 Å². The van der Waals surface area contributed by atoms with Crippen molar-refractivity contribution < 1.29 is 19.7 Å². The van der Waals surface area contributed by atoms with Gasteiger partial charge in [-0.3, -0.25) is 4.79 Å². The molecule has 1 unspecified atom stereocenters. The molecule has 3 aliphatic rings. The Labute approximate surface area is 130 Å². The van der Waals surface area contributed by atoms with Crippen LogP contribution < -0.4 is 0 Å². The number of hydrogen-bond donors (Lipinski definition) is 2. The molecule has 4 rings (SSSR count). The molecule has 5 atom stereocenters. The lowest BCUT2D eigenvalue weighted by atomic mass is 9.53. The Morgan fingerprint density at radius 2 is 2.14 bits per heavy atom. The van der Waals surface area contributed by atoms with Crippen molar-refractivity contribution >= 4 is 5.97 Å². The highest BCUT2D eigenvalue weighted by Gasteiger charge is 2.55.